The van der Waals surface area contributed by atoms with Crippen LogP contribution < -0.4 is 19.9 Å². The smallest absolute Gasteiger partial charge is 0.351 e. The van der Waals surface area contributed by atoms with Crippen LogP contribution in [0.2, 0.25) is 0 Å². The van der Waals surface area contributed by atoms with Crippen LogP contribution in [-0.4, -0.2) is 45.1 Å². The Labute approximate surface area is 197 Å². The van der Waals surface area contributed by atoms with Gasteiger partial charge in [0.25, 0.3) is 5.88 Å². The average Bonchev–Trinajstić information content (AvgIpc) is 2.86. The molecule has 8 heteroatoms. The Bertz CT molecular complexity index is 1320. The summed E-state index contributed by atoms with van der Waals surface area (Å²) in [6.45, 7) is 3.04. The van der Waals surface area contributed by atoms with E-state index in [0.29, 0.717) is 37.6 Å². The van der Waals surface area contributed by atoms with E-state index in [1.54, 1.807) is 29.0 Å². The van der Waals surface area contributed by atoms with Gasteiger partial charge in [0.2, 0.25) is 5.88 Å². The maximum absolute atomic E-state index is 12.7. The van der Waals surface area contributed by atoms with E-state index in [2.05, 4.69) is 21.8 Å². The minimum atomic E-state index is -0.616. The second kappa shape index (κ2) is 9.57. The van der Waals surface area contributed by atoms with E-state index in [4.69, 9.17) is 14.2 Å². The molecule has 8 nitrogen and oxygen atoms in total. The molecule has 0 bridgehead atoms. The second-order valence-corrected chi connectivity index (χ2v) is 8.28. The zero-order valence-electron chi connectivity index (χ0n) is 18.9. The lowest BCUT2D eigenvalue weighted by Gasteiger charge is -2.25. The number of aryl methyl sites for hydroxylation is 1. The van der Waals surface area contributed by atoms with E-state index in [1.165, 1.54) is 0 Å². The number of hydrogen-bond donors (Lipinski definition) is 1. The lowest BCUT2D eigenvalue weighted by atomic mass is 9.95. The standard InChI is InChI=1S/C26H25N3O5/c1-2-4-19(30)8-6-17-7-9-21-18(13-17)10-12-29-22(21)14-24(28-26(29)31)32-15-20-16-33-25-23(34-20)5-3-11-27-25/h3,5,7,9,11,13-14,19-20,30H,2,4,10,12,15-16H2,1H3. The van der Waals surface area contributed by atoms with E-state index in [0.717, 1.165) is 28.8 Å². The predicted octanol–water partition coefficient (Wildman–Crippen LogP) is 2.59. The van der Waals surface area contributed by atoms with E-state index in [1.807, 2.05) is 25.1 Å². The van der Waals surface area contributed by atoms with Crippen molar-refractivity contribution in [3.63, 3.8) is 0 Å². The van der Waals surface area contributed by atoms with Gasteiger partial charge in [0.05, 0.1) is 5.69 Å². The van der Waals surface area contributed by atoms with Crippen molar-refractivity contribution in [3.8, 4) is 40.6 Å². The van der Waals surface area contributed by atoms with Crippen LogP contribution in [0.4, 0.5) is 0 Å². The Morgan fingerprint density at radius 1 is 1.32 bits per heavy atom. The van der Waals surface area contributed by atoms with Crippen LogP contribution >= 0.6 is 0 Å². The summed E-state index contributed by atoms with van der Waals surface area (Å²) in [4.78, 5) is 20.9. The number of benzene rings is 1. The number of hydrogen-bond acceptors (Lipinski definition) is 7. The van der Waals surface area contributed by atoms with Gasteiger partial charge in [-0.15, -0.1) is 0 Å². The van der Waals surface area contributed by atoms with Gasteiger partial charge >= 0.3 is 5.69 Å². The Morgan fingerprint density at radius 2 is 2.24 bits per heavy atom. The predicted molar refractivity (Wildman–Crippen MR) is 125 cm³/mol. The van der Waals surface area contributed by atoms with Crippen molar-refractivity contribution >= 4 is 0 Å². The number of ether oxygens (including phenoxy) is 3. The molecule has 2 atom stereocenters. The fourth-order valence-corrected chi connectivity index (χ4v) is 4.09. The number of aromatic nitrogens is 3. The summed E-state index contributed by atoms with van der Waals surface area (Å²) in [5.41, 5.74) is 3.31. The van der Waals surface area contributed by atoms with Gasteiger partial charge < -0.3 is 19.3 Å². The molecule has 0 fully saturated rings. The molecule has 0 radical (unpaired) electrons. The molecule has 2 aliphatic rings. The highest BCUT2D eigenvalue weighted by Crippen LogP contribution is 2.31. The summed E-state index contributed by atoms with van der Waals surface area (Å²) in [6, 6.07) is 11.2. The van der Waals surface area contributed by atoms with E-state index < -0.39 is 6.10 Å². The molecule has 2 aliphatic heterocycles. The molecule has 1 aromatic carbocycles. The normalized spacial score (nSPS) is 16.5. The van der Waals surface area contributed by atoms with Crippen LogP contribution in [0.3, 0.4) is 0 Å². The molecule has 2 unspecified atom stereocenters. The zero-order chi connectivity index (χ0) is 23.5. The molecule has 4 heterocycles. The van der Waals surface area contributed by atoms with Gasteiger partial charge in [-0.3, -0.25) is 4.57 Å². The summed E-state index contributed by atoms with van der Waals surface area (Å²) in [5, 5.41) is 9.88. The Hall–Kier alpha value is -3.83. The molecule has 1 N–H and O–H groups in total. The van der Waals surface area contributed by atoms with Crippen molar-refractivity contribution in [2.75, 3.05) is 13.2 Å². The number of aliphatic hydroxyl groups is 1. The minimum Gasteiger partial charge on any atom is -0.478 e. The van der Waals surface area contributed by atoms with Crippen LogP contribution in [0.15, 0.2) is 47.4 Å². The molecular weight excluding hydrogens is 434 g/mol. The zero-order valence-corrected chi connectivity index (χ0v) is 18.9. The molecule has 2 aromatic heterocycles. The summed E-state index contributed by atoms with van der Waals surface area (Å²) >= 11 is 0. The van der Waals surface area contributed by atoms with Crippen LogP contribution in [0, 0.1) is 11.8 Å². The van der Waals surface area contributed by atoms with Gasteiger partial charge in [-0.2, -0.15) is 4.98 Å². The Kier molecular flexibility index (Phi) is 6.19. The minimum absolute atomic E-state index is 0.186. The average molecular weight is 460 g/mol. The van der Waals surface area contributed by atoms with Crippen molar-refractivity contribution in [2.45, 2.75) is 44.9 Å². The van der Waals surface area contributed by atoms with Crippen molar-refractivity contribution < 1.29 is 19.3 Å². The first kappa shape index (κ1) is 22.0. The molecule has 5 rings (SSSR count). The molecule has 0 aliphatic carbocycles. The fourth-order valence-electron chi connectivity index (χ4n) is 4.09. The van der Waals surface area contributed by atoms with Crippen molar-refractivity contribution in [1.82, 2.24) is 14.5 Å². The van der Waals surface area contributed by atoms with E-state index >= 15 is 0 Å². The molecular formula is C26H25N3O5. The first-order valence-electron chi connectivity index (χ1n) is 11.4. The molecule has 34 heavy (non-hydrogen) atoms. The maximum Gasteiger partial charge on any atom is 0.351 e. The molecule has 0 spiro atoms. The largest absolute Gasteiger partial charge is 0.478 e. The quantitative estimate of drug-likeness (QED) is 0.586. The van der Waals surface area contributed by atoms with Gasteiger partial charge in [0, 0.05) is 29.9 Å². The first-order chi connectivity index (χ1) is 16.6. The number of aliphatic hydroxyl groups excluding tert-OH is 1. The fraction of sp³-hybridized carbons (Fsp3) is 0.346. The Morgan fingerprint density at radius 3 is 3.12 bits per heavy atom. The maximum atomic E-state index is 12.7. The SMILES string of the molecule is CCCC(O)C#Cc1ccc2c(c1)CCn1c-2cc(OCC2COc3ncccc3O2)nc1=O. The summed E-state index contributed by atoms with van der Waals surface area (Å²) in [6.07, 6.45) is 2.94. The number of pyridine rings is 1. The van der Waals surface area contributed by atoms with Crippen molar-refractivity contribution in [2.24, 2.45) is 0 Å². The summed E-state index contributed by atoms with van der Waals surface area (Å²) in [7, 11) is 0. The van der Waals surface area contributed by atoms with Crippen molar-refractivity contribution in [1.29, 1.82) is 0 Å². The van der Waals surface area contributed by atoms with Gasteiger partial charge in [-0.05, 0) is 42.7 Å². The monoisotopic (exact) mass is 459 g/mol. The lowest BCUT2D eigenvalue weighted by Crippen LogP contribution is -2.35. The van der Waals surface area contributed by atoms with Crippen LogP contribution in [0.5, 0.6) is 17.5 Å². The van der Waals surface area contributed by atoms with E-state index in [-0.39, 0.29) is 24.3 Å². The molecule has 174 valence electrons. The van der Waals surface area contributed by atoms with Gasteiger partial charge in [-0.1, -0.05) is 31.3 Å². The van der Waals surface area contributed by atoms with Crippen LogP contribution in [0.1, 0.15) is 30.9 Å². The van der Waals surface area contributed by atoms with Gasteiger partial charge in [0.1, 0.15) is 19.3 Å². The topological polar surface area (TPSA) is 95.7 Å². The van der Waals surface area contributed by atoms with Gasteiger partial charge in [-0.25, -0.2) is 9.78 Å². The molecule has 0 amide bonds. The Balaban J connectivity index is 1.34. The van der Waals surface area contributed by atoms with Crippen LogP contribution in [-0.2, 0) is 13.0 Å². The van der Waals surface area contributed by atoms with Crippen LogP contribution in [0.25, 0.3) is 11.3 Å². The third-order valence-electron chi connectivity index (χ3n) is 5.77. The molecule has 0 saturated heterocycles. The van der Waals surface area contributed by atoms with Crippen molar-refractivity contribution in [3.05, 3.63) is 64.2 Å². The third kappa shape index (κ3) is 4.61. The highest BCUT2D eigenvalue weighted by atomic mass is 16.6. The lowest BCUT2D eigenvalue weighted by molar-refractivity contribution is 0.0486. The summed E-state index contributed by atoms with van der Waals surface area (Å²) < 4.78 is 19.0. The molecule has 3 aromatic rings. The van der Waals surface area contributed by atoms with E-state index in [9.17, 15) is 9.90 Å². The highest BCUT2D eigenvalue weighted by Gasteiger charge is 2.24. The third-order valence-corrected chi connectivity index (χ3v) is 5.77. The second-order valence-electron chi connectivity index (χ2n) is 8.28. The first-order valence-corrected chi connectivity index (χ1v) is 11.4. The highest BCUT2D eigenvalue weighted by molar-refractivity contribution is 5.68. The van der Waals surface area contributed by atoms with Gasteiger partial charge in [0.15, 0.2) is 11.9 Å². The molecule has 0 saturated carbocycles. The number of fused-ring (bicyclic) bond motifs is 4. The summed E-state index contributed by atoms with van der Waals surface area (Å²) in [5.74, 6) is 7.22. The number of nitrogens with zero attached hydrogens (tertiary/aromatic N) is 3. The number of rotatable bonds is 5.